The lowest BCUT2D eigenvalue weighted by Crippen LogP contribution is -2.04. The molecular formula is C9H4FNO4S. The fourth-order valence-electron chi connectivity index (χ4n) is 1.04. The van der Waals surface area contributed by atoms with Crippen LogP contribution >= 0.6 is 12.2 Å². The van der Waals surface area contributed by atoms with Crippen LogP contribution < -0.4 is 0 Å². The van der Waals surface area contributed by atoms with E-state index in [-0.39, 0.29) is 5.69 Å². The lowest BCUT2D eigenvalue weighted by Gasteiger charge is -2.02. The lowest BCUT2D eigenvalue weighted by atomic mass is 10.1. The molecule has 5 nitrogen and oxygen atoms in total. The third kappa shape index (κ3) is 2.28. The number of hydrogen-bond acceptors (Lipinski definition) is 4. The normalized spacial score (nSPS) is 9.31. The van der Waals surface area contributed by atoms with Crippen LogP contribution in [0.2, 0.25) is 0 Å². The van der Waals surface area contributed by atoms with Crippen molar-refractivity contribution in [2.24, 2.45) is 4.99 Å². The van der Waals surface area contributed by atoms with Crippen molar-refractivity contribution in [2.75, 3.05) is 0 Å². The molecule has 0 heterocycles. The summed E-state index contributed by atoms with van der Waals surface area (Å²) in [5.41, 5.74) is -1.39. The van der Waals surface area contributed by atoms with Crippen molar-refractivity contribution in [3.63, 3.8) is 0 Å². The number of aromatic carboxylic acids is 2. The first-order valence-corrected chi connectivity index (χ1v) is 4.26. The lowest BCUT2D eigenvalue weighted by molar-refractivity contribution is 0.0677. The van der Waals surface area contributed by atoms with E-state index < -0.39 is 28.9 Å². The highest BCUT2D eigenvalue weighted by Crippen LogP contribution is 2.23. The Labute approximate surface area is 93.9 Å². The van der Waals surface area contributed by atoms with Gasteiger partial charge in [-0.25, -0.2) is 14.0 Å². The molecule has 1 aromatic rings. The summed E-state index contributed by atoms with van der Waals surface area (Å²) in [6.45, 7) is 0. The number of hydrogen-bond donors (Lipinski definition) is 2. The van der Waals surface area contributed by atoms with E-state index in [0.717, 1.165) is 6.07 Å². The Morgan fingerprint density at radius 1 is 1.25 bits per heavy atom. The maximum atomic E-state index is 13.1. The number of benzene rings is 1. The van der Waals surface area contributed by atoms with Gasteiger partial charge < -0.3 is 10.2 Å². The summed E-state index contributed by atoms with van der Waals surface area (Å²) in [4.78, 5) is 24.6. The maximum Gasteiger partial charge on any atom is 0.338 e. The van der Waals surface area contributed by atoms with Gasteiger partial charge in [-0.2, -0.15) is 4.99 Å². The largest absolute Gasteiger partial charge is 0.478 e. The molecule has 0 amide bonds. The van der Waals surface area contributed by atoms with Crippen LogP contribution in [0.15, 0.2) is 17.1 Å². The fraction of sp³-hybridized carbons (Fsp3) is 0. The molecule has 0 bridgehead atoms. The van der Waals surface area contributed by atoms with Gasteiger partial charge in [-0.3, -0.25) is 0 Å². The van der Waals surface area contributed by atoms with E-state index in [9.17, 15) is 14.0 Å². The van der Waals surface area contributed by atoms with Gasteiger partial charge in [0.25, 0.3) is 0 Å². The van der Waals surface area contributed by atoms with Crippen LogP contribution in [0.4, 0.5) is 10.1 Å². The third-order valence-electron chi connectivity index (χ3n) is 1.71. The minimum Gasteiger partial charge on any atom is -0.478 e. The second-order valence-corrected chi connectivity index (χ2v) is 2.85. The van der Waals surface area contributed by atoms with Crippen LogP contribution in [0.25, 0.3) is 0 Å². The predicted octanol–water partition coefficient (Wildman–Crippen LogP) is 1.96. The minimum absolute atomic E-state index is 0.249. The Hall–Kier alpha value is -2.11. The standard InChI is InChI=1S/C9H4FNO4S/c10-6-1-5(9(14)15)7(11-3-16)2-4(6)8(12)13/h1-2H,(H,12,13)(H,14,15). The van der Waals surface area contributed by atoms with Gasteiger partial charge in [0.1, 0.15) is 5.82 Å². The fourth-order valence-corrected chi connectivity index (χ4v) is 1.14. The Balaban J connectivity index is 3.54. The second-order valence-electron chi connectivity index (χ2n) is 2.66. The molecule has 16 heavy (non-hydrogen) atoms. The number of carboxylic acids is 2. The summed E-state index contributed by atoms with van der Waals surface area (Å²) < 4.78 is 13.1. The SMILES string of the molecule is O=C(O)c1cc(N=C=S)c(C(=O)O)cc1F. The molecule has 0 aliphatic rings. The molecule has 0 unspecified atom stereocenters. The third-order valence-corrected chi connectivity index (χ3v) is 1.80. The number of isothiocyanates is 1. The van der Waals surface area contributed by atoms with Crippen molar-refractivity contribution in [3.8, 4) is 0 Å². The number of carboxylic acid groups (broad SMARTS) is 2. The van der Waals surface area contributed by atoms with Gasteiger partial charge in [0.15, 0.2) is 0 Å². The summed E-state index contributed by atoms with van der Waals surface area (Å²) in [5.74, 6) is -4.09. The average molecular weight is 241 g/mol. The highest BCUT2D eigenvalue weighted by atomic mass is 32.1. The van der Waals surface area contributed by atoms with Gasteiger partial charge in [-0.15, -0.1) is 0 Å². The van der Waals surface area contributed by atoms with Crippen LogP contribution in [0, 0.1) is 5.82 Å². The molecule has 0 aliphatic heterocycles. The Bertz CT molecular complexity index is 522. The summed E-state index contributed by atoms with van der Waals surface area (Å²) in [6, 6.07) is 1.37. The Morgan fingerprint density at radius 2 is 1.81 bits per heavy atom. The van der Waals surface area contributed by atoms with E-state index >= 15 is 0 Å². The van der Waals surface area contributed by atoms with Crippen molar-refractivity contribution in [2.45, 2.75) is 0 Å². The van der Waals surface area contributed by atoms with E-state index in [0.29, 0.717) is 6.07 Å². The van der Waals surface area contributed by atoms with Crippen molar-refractivity contribution in [1.29, 1.82) is 0 Å². The molecule has 1 rings (SSSR count). The van der Waals surface area contributed by atoms with Gasteiger partial charge in [0.05, 0.1) is 22.0 Å². The van der Waals surface area contributed by atoms with E-state index in [1.54, 1.807) is 0 Å². The van der Waals surface area contributed by atoms with Gasteiger partial charge in [-0.05, 0) is 24.4 Å². The van der Waals surface area contributed by atoms with Crippen molar-refractivity contribution in [3.05, 3.63) is 29.1 Å². The Morgan fingerprint density at radius 3 is 2.25 bits per heavy atom. The molecule has 0 saturated heterocycles. The average Bonchev–Trinajstić information content (AvgIpc) is 2.19. The van der Waals surface area contributed by atoms with Gasteiger partial charge in [0, 0.05) is 0 Å². The molecule has 0 fully saturated rings. The molecule has 0 aromatic heterocycles. The van der Waals surface area contributed by atoms with E-state index in [2.05, 4.69) is 17.2 Å². The number of aliphatic imine (C=N–C) groups is 1. The van der Waals surface area contributed by atoms with Crippen LogP contribution in [-0.4, -0.2) is 27.3 Å². The zero-order valence-electron chi connectivity index (χ0n) is 7.60. The Kier molecular flexibility index (Phi) is 3.44. The molecular weight excluding hydrogens is 237 g/mol. The van der Waals surface area contributed by atoms with Gasteiger partial charge in [-0.1, -0.05) is 0 Å². The van der Waals surface area contributed by atoms with Gasteiger partial charge in [0.2, 0.25) is 0 Å². The molecule has 82 valence electrons. The number of thiocarbonyl (C=S) groups is 1. The van der Waals surface area contributed by atoms with E-state index in [1.807, 2.05) is 5.16 Å². The molecule has 0 saturated carbocycles. The topological polar surface area (TPSA) is 87.0 Å². The maximum absolute atomic E-state index is 13.1. The first-order valence-electron chi connectivity index (χ1n) is 3.85. The van der Waals surface area contributed by atoms with E-state index in [4.69, 9.17) is 10.2 Å². The van der Waals surface area contributed by atoms with Crippen LogP contribution in [0.1, 0.15) is 20.7 Å². The molecule has 0 radical (unpaired) electrons. The smallest absolute Gasteiger partial charge is 0.338 e. The number of rotatable bonds is 3. The van der Waals surface area contributed by atoms with Crippen molar-refractivity contribution in [1.82, 2.24) is 0 Å². The first kappa shape index (κ1) is 12.0. The number of halogens is 1. The molecule has 0 spiro atoms. The highest BCUT2D eigenvalue weighted by molar-refractivity contribution is 7.78. The number of carbonyl (C=O) groups is 2. The second kappa shape index (κ2) is 4.61. The first-order chi connectivity index (χ1) is 7.47. The zero-order valence-corrected chi connectivity index (χ0v) is 8.42. The summed E-state index contributed by atoms with van der Waals surface area (Å²) in [7, 11) is 0. The molecule has 0 atom stereocenters. The van der Waals surface area contributed by atoms with Crippen LogP contribution in [0.5, 0.6) is 0 Å². The van der Waals surface area contributed by atoms with E-state index in [1.165, 1.54) is 0 Å². The molecule has 7 heteroatoms. The van der Waals surface area contributed by atoms with Crippen LogP contribution in [-0.2, 0) is 0 Å². The van der Waals surface area contributed by atoms with Crippen LogP contribution in [0.3, 0.4) is 0 Å². The van der Waals surface area contributed by atoms with Crippen molar-refractivity contribution >= 4 is 35.0 Å². The molecule has 2 N–H and O–H groups in total. The summed E-state index contributed by atoms with van der Waals surface area (Å²) in [5, 5.41) is 19.2. The quantitative estimate of drug-likeness (QED) is 0.623. The zero-order chi connectivity index (χ0) is 12.3. The predicted molar refractivity (Wildman–Crippen MR) is 55.0 cm³/mol. The molecule has 1 aromatic carbocycles. The minimum atomic E-state index is -1.52. The van der Waals surface area contributed by atoms with Crippen molar-refractivity contribution < 1.29 is 24.2 Å². The highest BCUT2D eigenvalue weighted by Gasteiger charge is 2.18. The van der Waals surface area contributed by atoms with Gasteiger partial charge >= 0.3 is 11.9 Å². The monoisotopic (exact) mass is 241 g/mol. The number of nitrogens with zero attached hydrogens (tertiary/aromatic N) is 1. The summed E-state index contributed by atoms with van der Waals surface area (Å²) >= 11 is 4.27. The summed E-state index contributed by atoms with van der Waals surface area (Å²) in [6.07, 6.45) is 0. The molecule has 0 aliphatic carbocycles.